The van der Waals surface area contributed by atoms with Crippen molar-refractivity contribution in [1.82, 2.24) is 5.32 Å². The number of methoxy groups -OCH3 is 2. The van der Waals surface area contributed by atoms with Gasteiger partial charge in [0, 0.05) is 18.2 Å². The molecule has 0 radical (unpaired) electrons. The maximum atomic E-state index is 5.32. The highest BCUT2D eigenvalue weighted by Crippen LogP contribution is 2.29. The molecule has 0 aliphatic carbocycles. The Hall–Kier alpha value is -1.22. The molecule has 15 heavy (non-hydrogen) atoms. The third-order valence-corrected chi connectivity index (χ3v) is 2.43. The van der Waals surface area contributed by atoms with Gasteiger partial charge in [0.2, 0.25) is 0 Å². The van der Waals surface area contributed by atoms with Gasteiger partial charge >= 0.3 is 0 Å². The maximum Gasteiger partial charge on any atom is 0.127 e. The monoisotopic (exact) mass is 209 g/mol. The lowest BCUT2D eigenvalue weighted by Gasteiger charge is -2.13. The predicted molar refractivity (Wildman–Crippen MR) is 61.7 cm³/mol. The van der Waals surface area contributed by atoms with E-state index in [2.05, 4.69) is 18.3 Å². The summed E-state index contributed by atoms with van der Waals surface area (Å²) in [6.45, 7) is 2.92. The highest BCUT2D eigenvalue weighted by Gasteiger charge is 2.09. The van der Waals surface area contributed by atoms with Gasteiger partial charge in [0.15, 0.2) is 0 Å². The van der Waals surface area contributed by atoms with Crippen LogP contribution >= 0.6 is 0 Å². The minimum Gasteiger partial charge on any atom is -0.496 e. The van der Waals surface area contributed by atoms with Gasteiger partial charge in [0.1, 0.15) is 11.5 Å². The standard InChI is InChI=1S/C12H19NO2/c1-5-9-6-10(8-13-2)12(15-4)7-11(9)14-3/h6-7,13H,5,8H2,1-4H3. The Morgan fingerprint density at radius 2 is 1.67 bits per heavy atom. The fourth-order valence-electron chi connectivity index (χ4n) is 1.64. The maximum absolute atomic E-state index is 5.32. The van der Waals surface area contributed by atoms with Crippen LogP contribution in [0, 0.1) is 0 Å². The summed E-state index contributed by atoms with van der Waals surface area (Å²) >= 11 is 0. The van der Waals surface area contributed by atoms with Gasteiger partial charge in [0.05, 0.1) is 14.2 Å². The van der Waals surface area contributed by atoms with Gasteiger partial charge in [-0.2, -0.15) is 0 Å². The topological polar surface area (TPSA) is 30.5 Å². The largest absolute Gasteiger partial charge is 0.496 e. The fraction of sp³-hybridized carbons (Fsp3) is 0.500. The molecule has 3 heteroatoms. The van der Waals surface area contributed by atoms with Crippen LogP contribution in [-0.2, 0) is 13.0 Å². The number of benzene rings is 1. The summed E-state index contributed by atoms with van der Waals surface area (Å²) in [4.78, 5) is 0. The third kappa shape index (κ3) is 2.63. The van der Waals surface area contributed by atoms with Crippen LogP contribution in [0.4, 0.5) is 0 Å². The van der Waals surface area contributed by atoms with Crippen molar-refractivity contribution in [3.63, 3.8) is 0 Å². The number of nitrogens with one attached hydrogen (secondary N) is 1. The van der Waals surface area contributed by atoms with Crippen LogP contribution in [0.2, 0.25) is 0 Å². The molecule has 0 aromatic heterocycles. The summed E-state index contributed by atoms with van der Waals surface area (Å²) in [5.74, 6) is 1.77. The number of hydrogen-bond acceptors (Lipinski definition) is 3. The first-order valence-electron chi connectivity index (χ1n) is 5.15. The van der Waals surface area contributed by atoms with Gasteiger partial charge in [-0.3, -0.25) is 0 Å². The van der Waals surface area contributed by atoms with E-state index in [1.807, 2.05) is 13.1 Å². The van der Waals surface area contributed by atoms with E-state index in [1.165, 1.54) is 5.56 Å². The van der Waals surface area contributed by atoms with Gasteiger partial charge in [-0.05, 0) is 25.1 Å². The van der Waals surface area contributed by atoms with Crippen molar-refractivity contribution < 1.29 is 9.47 Å². The third-order valence-electron chi connectivity index (χ3n) is 2.43. The number of rotatable bonds is 5. The molecule has 0 bridgehead atoms. The lowest BCUT2D eigenvalue weighted by molar-refractivity contribution is 0.387. The minimum atomic E-state index is 0.806. The molecule has 0 saturated carbocycles. The van der Waals surface area contributed by atoms with Crippen LogP contribution in [0.5, 0.6) is 11.5 Å². The van der Waals surface area contributed by atoms with Crippen molar-refractivity contribution in [2.24, 2.45) is 0 Å². The van der Waals surface area contributed by atoms with Gasteiger partial charge in [-0.25, -0.2) is 0 Å². The van der Waals surface area contributed by atoms with E-state index in [9.17, 15) is 0 Å². The van der Waals surface area contributed by atoms with Crippen molar-refractivity contribution in [3.8, 4) is 11.5 Å². The van der Waals surface area contributed by atoms with E-state index in [0.29, 0.717) is 0 Å². The van der Waals surface area contributed by atoms with Crippen LogP contribution in [0.3, 0.4) is 0 Å². The zero-order chi connectivity index (χ0) is 11.3. The quantitative estimate of drug-likeness (QED) is 0.804. The Labute approximate surface area is 91.4 Å². The Balaban J connectivity index is 3.15. The molecule has 0 saturated heterocycles. The van der Waals surface area contributed by atoms with Crippen LogP contribution in [0.25, 0.3) is 0 Å². The van der Waals surface area contributed by atoms with Crippen molar-refractivity contribution in [3.05, 3.63) is 23.3 Å². The zero-order valence-electron chi connectivity index (χ0n) is 9.89. The summed E-state index contributed by atoms with van der Waals surface area (Å²) in [5, 5.41) is 3.13. The molecule has 0 fully saturated rings. The summed E-state index contributed by atoms with van der Waals surface area (Å²) in [7, 11) is 5.29. The highest BCUT2D eigenvalue weighted by molar-refractivity contribution is 5.46. The van der Waals surface area contributed by atoms with Gasteiger partial charge in [0.25, 0.3) is 0 Å². The van der Waals surface area contributed by atoms with Crippen molar-refractivity contribution >= 4 is 0 Å². The molecular formula is C12H19NO2. The molecule has 1 aromatic rings. The Bertz CT molecular complexity index is 324. The average Bonchev–Trinajstić information content (AvgIpc) is 2.28. The number of ether oxygens (including phenoxy) is 2. The zero-order valence-corrected chi connectivity index (χ0v) is 9.89. The minimum absolute atomic E-state index is 0.806. The smallest absolute Gasteiger partial charge is 0.127 e. The molecular weight excluding hydrogens is 190 g/mol. The van der Waals surface area contributed by atoms with Crippen molar-refractivity contribution in [1.29, 1.82) is 0 Å². The van der Waals surface area contributed by atoms with Crippen LogP contribution in [0.15, 0.2) is 12.1 Å². The molecule has 0 unspecified atom stereocenters. The molecule has 0 aliphatic heterocycles. The van der Waals surface area contributed by atoms with Gasteiger partial charge in [-0.1, -0.05) is 6.92 Å². The van der Waals surface area contributed by atoms with E-state index in [-0.39, 0.29) is 0 Å². The first-order chi connectivity index (χ1) is 7.26. The second kappa shape index (κ2) is 5.61. The average molecular weight is 209 g/mol. The first kappa shape index (κ1) is 11.9. The van der Waals surface area contributed by atoms with E-state index in [4.69, 9.17) is 9.47 Å². The van der Waals surface area contributed by atoms with Crippen molar-refractivity contribution in [2.45, 2.75) is 19.9 Å². The lowest BCUT2D eigenvalue weighted by atomic mass is 10.1. The second-order valence-electron chi connectivity index (χ2n) is 3.36. The summed E-state index contributed by atoms with van der Waals surface area (Å²) < 4.78 is 10.6. The molecule has 1 aromatic carbocycles. The van der Waals surface area contributed by atoms with Gasteiger partial charge < -0.3 is 14.8 Å². The Morgan fingerprint density at radius 3 is 2.13 bits per heavy atom. The van der Waals surface area contributed by atoms with Crippen LogP contribution in [0.1, 0.15) is 18.1 Å². The molecule has 1 N–H and O–H groups in total. The van der Waals surface area contributed by atoms with E-state index in [0.717, 1.165) is 30.0 Å². The molecule has 1 rings (SSSR count). The molecule has 0 heterocycles. The summed E-state index contributed by atoms with van der Waals surface area (Å²) in [6, 6.07) is 4.08. The van der Waals surface area contributed by atoms with E-state index >= 15 is 0 Å². The number of aryl methyl sites for hydroxylation is 1. The van der Waals surface area contributed by atoms with E-state index < -0.39 is 0 Å². The molecule has 0 atom stereocenters. The Morgan fingerprint density at radius 1 is 1.07 bits per heavy atom. The molecule has 84 valence electrons. The molecule has 0 spiro atoms. The normalized spacial score (nSPS) is 10.1. The highest BCUT2D eigenvalue weighted by atomic mass is 16.5. The molecule has 0 amide bonds. The SMILES string of the molecule is CCc1cc(CNC)c(OC)cc1OC. The molecule has 3 nitrogen and oxygen atoms in total. The van der Waals surface area contributed by atoms with Gasteiger partial charge in [-0.15, -0.1) is 0 Å². The Kier molecular flexibility index (Phi) is 4.43. The number of hydrogen-bond donors (Lipinski definition) is 1. The predicted octanol–water partition coefficient (Wildman–Crippen LogP) is 1.99. The fourth-order valence-corrected chi connectivity index (χ4v) is 1.64. The summed E-state index contributed by atoms with van der Waals surface area (Å²) in [5.41, 5.74) is 2.38. The molecule has 0 aliphatic rings. The van der Waals surface area contributed by atoms with Crippen molar-refractivity contribution in [2.75, 3.05) is 21.3 Å². The van der Waals surface area contributed by atoms with Crippen LogP contribution in [-0.4, -0.2) is 21.3 Å². The summed E-state index contributed by atoms with van der Waals surface area (Å²) in [6.07, 6.45) is 0.962. The van der Waals surface area contributed by atoms with Crippen LogP contribution < -0.4 is 14.8 Å². The second-order valence-corrected chi connectivity index (χ2v) is 3.36. The lowest BCUT2D eigenvalue weighted by Crippen LogP contribution is -2.07. The first-order valence-corrected chi connectivity index (χ1v) is 5.15. The van der Waals surface area contributed by atoms with E-state index in [1.54, 1.807) is 14.2 Å².